The molecule has 104 valence electrons. The van der Waals surface area contributed by atoms with Crippen molar-refractivity contribution in [3.8, 4) is 0 Å². The number of aliphatic carboxylic acids is 1. The number of carboxylic acids is 1. The maximum atomic E-state index is 13.8. The van der Waals surface area contributed by atoms with Crippen LogP contribution in [0.5, 0.6) is 0 Å². The third-order valence-electron chi connectivity index (χ3n) is 3.17. The molecule has 4 nitrogen and oxygen atoms in total. The fourth-order valence-corrected chi connectivity index (χ4v) is 3.12. The second-order valence-corrected chi connectivity index (χ2v) is 6.34. The molecule has 1 aromatic heterocycles. The van der Waals surface area contributed by atoms with E-state index in [0.717, 1.165) is 4.88 Å². The summed E-state index contributed by atoms with van der Waals surface area (Å²) in [6, 6.07) is 3.61. The zero-order valence-electron chi connectivity index (χ0n) is 10.1. The molecule has 0 radical (unpaired) electrons. The lowest BCUT2D eigenvalue weighted by molar-refractivity contribution is -0.150. The van der Waals surface area contributed by atoms with Crippen LogP contribution >= 0.6 is 22.9 Å². The second kappa shape index (κ2) is 5.46. The lowest BCUT2D eigenvalue weighted by Crippen LogP contribution is -2.38. The van der Waals surface area contributed by atoms with Crippen LogP contribution in [0, 0.1) is 0 Å². The summed E-state index contributed by atoms with van der Waals surface area (Å²) < 4.78 is 14.5. The molecular formula is C12H13ClFNO3S. The molecule has 0 spiro atoms. The highest BCUT2D eigenvalue weighted by Gasteiger charge is 2.46. The quantitative estimate of drug-likeness (QED) is 0.929. The number of alkyl halides is 1. The Balaban J connectivity index is 1.86. The van der Waals surface area contributed by atoms with Gasteiger partial charge >= 0.3 is 5.97 Å². The minimum absolute atomic E-state index is 0.140. The van der Waals surface area contributed by atoms with Gasteiger partial charge in [-0.05, 0) is 18.6 Å². The highest BCUT2D eigenvalue weighted by molar-refractivity contribution is 7.16. The lowest BCUT2D eigenvalue weighted by Gasteiger charge is -2.17. The lowest BCUT2D eigenvalue weighted by atomic mass is 10.1. The smallest absolute Gasteiger partial charge is 0.343 e. The van der Waals surface area contributed by atoms with Gasteiger partial charge in [0, 0.05) is 24.3 Å². The molecule has 2 heterocycles. The van der Waals surface area contributed by atoms with Gasteiger partial charge in [0.1, 0.15) is 0 Å². The first-order chi connectivity index (χ1) is 8.90. The van der Waals surface area contributed by atoms with Crippen molar-refractivity contribution < 1.29 is 19.1 Å². The van der Waals surface area contributed by atoms with E-state index in [1.54, 1.807) is 6.07 Å². The molecule has 0 bridgehead atoms. The number of carbonyl (C=O) groups is 2. The van der Waals surface area contributed by atoms with E-state index in [0.29, 0.717) is 10.8 Å². The van der Waals surface area contributed by atoms with Crippen molar-refractivity contribution in [2.45, 2.75) is 24.9 Å². The van der Waals surface area contributed by atoms with Crippen molar-refractivity contribution in [3.63, 3.8) is 0 Å². The Kier molecular flexibility index (Phi) is 4.10. The van der Waals surface area contributed by atoms with Crippen LogP contribution in [0.4, 0.5) is 4.39 Å². The topological polar surface area (TPSA) is 57.6 Å². The van der Waals surface area contributed by atoms with Gasteiger partial charge in [-0.15, -0.1) is 11.3 Å². The number of hydrogen-bond acceptors (Lipinski definition) is 3. The van der Waals surface area contributed by atoms with Gasteiger partial charge in [-0.25, -0.2) is 9.18 Å². The van der Waals surface area contributed by atoms with Crippen LogP contribution in [-0.2, 0) is 16.0 Å². The van der Waals surface area contributed by atoms with Gasteiger partial charge < -0.3 is 10.0 Å². The summed E-state index contributed by atoms with van der Waals surface area (Å²) in [6.07, 6.45) is 0.643. The molecule has 1 aromatic rings. The number of amides is 1. The van der Waals surface area contributed by atoms with E-state index in [1.807, 2.05) is 6.07 Å². The third-order valence-corrected chi connectivity index (χ3v) is 4.46. The van der Waals surface area contributed by atoms with E-state index in [4.69, 9.17) is 16.7 Å². The van der Waals surface area contributed by atoms with Gasteiger partial charge in [0.05, 0.1) is 10.9 Å². The molecule has 0 aliphatic carbocycles. The number of carbonyl (C=O) groups excluding carboxylic acids is 1. The van der Waals surface area contributed by atoms with Crippen molar-refractivity contribution in [1.82, 2.24) is 4.90 Å². The summed E-state index contributed by atoms with van der Waals surface area (Å²) in [7, 11) is 0. The largest absolute Gasteiger partial charge is 0.479 e. The van der Waals surface area contributed by atoms with Crippen LogP contribution < -0.4 is 0 Å². The van der Waals surface area contributed by atoms with Crippen LogP contribution in [0.2, 0.25) is 4.34 Å². The summed E-state index contributed by atoms with van der Waals surface area (Å²) in [5.41, 5.74) is -2.29. The van der Waals surface area contributed by atoms with Crippen molar-refractivity contribution >= 4 is 34.8 Å². The second-order valence-electron chi connectivity index (χ2n) is 4.54. The average Bonchev–Trinajstić information content (AvgIpc) is 2.94. The number of aryl methyl sites for hydroxylation is 1. The van der Waals surface area contributed by atoms with Gasteiger partial charge in [-0.2, -0.15) is 0 Å². The first kappa shape index (κ1) is 14.3. The molecule has 7 heteroatoms. The highest BCUT2D eigenvalue weighted by Crippen LogP contribution is 2.27. The fraction of sp³-hybridized carbons (Fsp3) is 0.500. The Hall–Kier alpha value is -1.14. The summed E-state index contributed by atoms with van der Waals surface area (Å²) in [5.74, 6) is -1.71. The molecule has 1 fully saturated rings. The summed E-state index contributed by atoms with van der Waals surface area (Å²) >= 11 is 7.19. The van der Waals surface area contributed by atoms with E-state index in [1.165, 1.54) is 16.2 Å². The van der Waals surface area contributed by atoms with Gasteiger partial charge in [0.2, 0.25) is 11.6 Å². The predicted octanol–water partition coefficient (Wildman–Crippen LogP) is 2.36. The van der Waals surface area contributed by atoms with E-state index >= 15 is 0 Å². The molecule has 1 N–H and O–H groups in total. The number of thiophene rings is 1. The number of halogens is 2. The fourth-order valence-electron chi connectivity index (χ4n) is 2.03. The van der Waals surface area contributed by atoms with Crippen LogP contribution in [0.15, 0.2) is 12.1 Å². The molecule has 1 amide bonds. The van der Waals surface area contributed by atoms with Crippen molar-refractivity contribution in [2.24, 2.45) is 0 Å². The highest BCUT2D eigenvalue weighted by atomic mass is 35.5. The Morgan fingerprint density at radius 2 is 2.26 bits per heavy atom. The van der Waals surface area contributed by atoms with Crippen molar-refractivity contribution in [2.75, 3.05) is 13.1 Å². The van der Waals surface area contributed by atoms with Crippen molar-refractivity contribution in [1.29, 1.82) is 0 Å². The van der Waals surface area contributed by atoms with Crippen LogP contribution in [0.3, 0.4) is 0 Å². The number of likely N-dealkylation sites (tertiary alicyclic amines) is 1. The SMILES string of the molecule is O=C(CCc1ccc(Cl)s1)N1CCC(F)(C(=O)O)C1. The standard InChI is InChI=1S/C12H13ClFNO3S/c13-9-3-1-8(19-9)2-4-10(16)15-6-5-12(14,7-15)11(17)18/h1,3H,2,4-7H2,(H,17,18). The molecule has 1 atom stereocenters. The monoisotopic (exact) mass is 305 g/mol. The summed E-state index contributed by atoms with van der Waals surface area (Å²) in [5, 5.41) is 8.76. The van der Waals surface area contributed by atoms with E-state index < -0.39 is 11.6 Å². The third kappa shape index (κ3) is 3.25. The van der Waals surface area contributed by atoms with Gasteiger partial charge in [0.15, 0.2) is 0 Å². The average molecular weight is 306 g/mol. The minimum Gasteiger partial charge on any atom is -0.479 e. The molecule has 0 saturated carbocycles. The molecule has 2 rings (SSSR count). The summed E-state index contributed by atoms with van der Waals surface area (Å²) in [6.45, 7) is -0.195. The first-order valence-electron chi connectivity index (χ1n) is 5.85. The van der Waals surface area contributed by atoms with E-state index in [2.05, 4.69) is 0 Å². The molecular weight excluding hydrogens is 293 g/mol. The van der Waals surface area contributed by atoms with Gasteiger partial charge in [-0.1, -0.05) is 11.6 Å². The van der Waals surface area contributed by atoms with Gasteiger partial charge in [-0.3, -0.25) is 4.79 Å². The minimum atomic E-state index is -2.29. The Bertz CT molecular complexity index is 507. The maximum Gasteiger partial charge on any atom is 0.343 e. The molecule has 0 aromatic carbocycles. The molecule has 1 saturated heterocycles. The number of rotatable bonds is 4. The van der Waals surface area contributed by atoms with Gasteiger partial charge in [0.25, 0.3) is 0 Å². The first-order valence-corrected chi connectivity index (χ1v) is 7.04. The zero-order chi connectivity index (χ0) is 14.0. The molecule has 1 aliphatic rings. The normalized spacial score (nSPS) is 22.7. The van der Waals surface area contributed by atoms with E-state index in [-0.39, 0.29) is 31.8 Å². The Labute approximate surface area is 118 Å². The molecule has 1 aliphatic heterocycles. The predicted molar refractivity (Wildman–Crippen MR) is 70.3 cm³/mol. The maximum absolute atomic E-state index is 13.8. The molecule has 1 unspecified atom stereocenters. The van der Waals surface area contributed by atoms with Crippen LogP contribution in [0.25, 0.3) is 0 Å². The Morgan fingerprint density at radius 3 is 2.79 bits per heavy atom. The Morgan fingerprint density at radius 1 is 1.53 bits per heavy atom. The molecule has 19 heavy (non-hydrogen) atoms. The van der Waals surface area contributed by atoms with Crippen molar-refractivity contribution in [3.05, 3.63) is 21.3 Å². The number of carboxylic acid groups (broad SMARTS) is 1. The summed E-state index contributed by atoms with van der Waals surface area (Å²) in [4.78, 5) is 24.9. The number of hydrogen-bond donors (Lipinski definition) is 1. The van der Waals surface area contributed by atoms with E-state index in [9.17, 15) is 14.0 Å². The zero-order valence-corrected chi connectivity index (χ0v) is 11.6. The number of nitrogens with zero attached hydrogens (tertiary/aromatic N) is 1. The van der Waals surface area contributed by atoms with Crippen LogP contribution in [0.1, 0.15) is 17.7 Å². The van der Waals surface area contributed by atoms with Crippen LogP contribution in [-0.4, -0.2) is 40.6 Å².